The lowest BCUT2D eigenvalue weighted by molar-refractivity contribution is 0.0208. The van der Waals surface area contributed by atoms with Crippen molar-refractivity contribution >= 4 is 0 Å². The van der Waals surface area contributed by atoms with Crippen LogP contribution in [0.15, 0.2) is 12.7 Å². The van der Waals surface area contributed by atoms with Crippen molar-refractivity contribution in [3.8, 4) is 0 Å². The molecule has 2 aliphatic rings. The van der Waals surface area contributed by atoms with E-state index in [9.17, 15) is 5.11 Å². The zero-order chi connectivity index (χ0) is 7.19. The van der Waals surface area contributed by atoms with Crippen molar-refractivity contribution in [1.29, 1.82) is 0 Å². The van der Waals surface area contributed by atoms with Gasteiger partial charge in [0.15, 0.2) is 0 Å². The summed E-state index contributed by atoms with van der Waals surface area (Å²) in [5.74, 6) is 1.19. The minimum absolute atomic E-state index is 0.341. The van der Waals surface area contributed by atoms with Crippen LogP contribution in [-0.4, -0.2) is 10.7 Å². The Morgan fingerprint density at radius 2 is 2.40 bits per heavy atom. The van der Waals surface area contributed by atoms with Gasteiger partial charge in [0.1, 0.15) is 0 Å². The van der Waals surface area contributed by atoms with Crippen LogP contribution in [0.2, 0.25) is 0 Å². The predicted molar refractivity (Wildman–Crippen MR) is 40.6 cm³/mol. The van der Waals surface area contributed by atoms with Gasteiger partial charge in [-0.3, -0.25) is 0 Å². The van der Waals surface area contributed by atoms with Gasteiger partial charge in [-0.1, -0.05) is 6.08 Å². The minimum Gasteiger partial charge on any atom is -0.389 e. The first kappa shape index (κ1) is 6.41. The van der Waals surface area contributed by atoms with E-state index in [1.165, 1.54) is 12.8 Å². The van der Waals surface area contributed by atoms with Crippen molar-refractivity contribution in [2.45, 2.75) is 31.3 Å². The Bertz CT molecular complexity index is 164. The molecule has 0 aromatic heterocycles. The van der Waals surface area contributed by atoms with E-state index in [0.29, 0.717) is 5.92 Å². The molecule has 1 nitrogen and oxygen atoms in total. The predicted octanol–water partition coefficient (Wildman–Crippen LogP) is 1.72. The molecular formula is C9H14O. The molecule has 0 amide bonds. The Morgan fingerprint density at radius 1 is 1.60 bits per heavy atom. The van der Waals surface area contributed by atoms with Crippen molar-refractivity contribution in [2.75, 3.05) is 0 Å². The average molecular weight is 138 g/mol. The van der Waals surface area contributed by atoms with Gasteiger partial charge in [-0.15, -0.1) is 6.58 Å². The maximum Gasteiger partial charge on any atom is 0.0712 e. The van der Waals surface area contributed by atoms with Gasteiger partial charge in [0.2, 0.25) is 0 Å². The standard InChI is InChI=1S/C9H14O/c1-2-8-5-7-3-4-9(8,10)6-7/h2,7-8,10H,1,3-6H2. The van der Waals surface area contributed by atoms with Crippen molar-refractivity contribution < 1.29 is 5.11 Å². The zero-order valence-electron chi connectivity index (χ0n) is 6.21. The summed E-state index contributed by atoms with van der Waals surface area (Å²) in [5.41, 5.74) is -0.341. The molecule has 2 bridgehead atoms. The van der Waals surface area contributed by atoms with E-state index in [1.807, 2.05) is 6.08 Å². The van der Waals surface area contributed by atoms with Crippen LogP contribution in [-0.2, 0) is 0 Å². The van der Waals surface area contributed by atoms with E-state index in [2.05, 4.69) is 6.58 Å². The highest BCUT2D eigenvalue weighted by atomic mass is 16.3. The molecule has 0 saturated heterocycles. The molecule has 0 aromatic rings. The summed E-state index contributed by atoms with van der Waals surface area (Å²) in [6.07, 6.45) is 6.39. The molecule has 2 saturated carbocycles. The number of fused-ring (bicyclic) bond motifs is 2. The van der Waals surface area contributed by atoms with Crippen LogP contribution in [0.25, 0.3) is 0 Å². The fourth-order valence-electron chi connectivity index (χ4n) is 2.59. The Labute approximate surface area is 61.8 Å². The van der Waals surface area contributed by atoms with Crippen LogP contribution in [0.1, 0.15) is 25.7 Å². The lowest BCUT2D eigenvalue weighted by Crippen LogP contribution is -2.30. The summed E-state index contributed by atoms with van der Waals surface area (Å²) in [7, 11) is 0. The van der Waals surface area contributed by atoms with Gasteiger partial charge in [0.05, 0.1) is 5.60 Å². The summed E-state index contributed by atoms with van der Waals surface area (Å²) in [6.45, 7) is 3.75. The molecule has 0 heterocycles. The summed E-state index contributed by atoms with van der Waals surface area (Å²) in [6, 6.07) is 0. The Hall–Kier alpha value is -0.300. The van der Waals surface area contributed by atoms with E-state index in [0.717, 1.165) is 18.8 Å². The SMILES string of the molecule is C=CC1CC2CCC1(O)C2. The first-order valence-electron chi connectivity index (χ1n) is 4.09. The van der Waals surface area contributed by atoms with Gasteiger partial charge in [0.25, 0.3) is 0 Å². The molecule has 0 spiro atoms. The van der Waals surface area contributed by atoms with E-state index >= 15 is 0 Å². The van der Waals surface area contributed by atoms with Crippen molar-refractivity contribution in [3.05, 3.63) is 12.7 Å². The number of hydrogen-bond donors (Lipinski definition) is 1. The van der Waals surface area contributed by atoms with Crippen LogP contribution in [0.4, 0.5) is 0 Å². The second-order valence-electron chi connectivity index (χ2n) is 3.79. The Kier molecular flexibility index (Phi) is 1.19. The summed E-state index contributed by atoms with van der Waals surface area (Å²) in [5, 5.41) is 9.93. The summed E-state index contributed by atoms with van der Waals surface area (Å²) < 4.78 is 0. The average Bonchev–Trinajstić information content (AvgIpc) is 2.41. The molecule has 1 N–H and O–H groups in total. The van der Waals surface area contributed by atoms with Gasteiger partial charge >= 0.3 is 0 Å². The Balaban J connectivity index is 2.21. The molecule has 0 aromatic carbocycles. The largest absolute Gasteiger partial charge is 0.389 e. The van der Waals surface area contributed by atoms with Crippen molar-refractivity contribution in [1.82, 2.24) is 0 Å². The molecule has 2 aliphatic carbocycles. The van der Waals surface area contributed by atoms with Crippen LogP contribution in [0.3, 0.4) is 0 Å². The monoisotopic (exact) mass is 138 g/mol. The van der Waals surface area contributed by atoms with E-state index < -0.39 is 0 Å². The maximum absolute atomic E-state index is 9.93. The number of hydrogen-bond acceptors (Lipinski definition) is 1. The summed E-state index contributed by atoms with van der Waals surface area (Å²) in [4.78, 5) is 0. The van der Waals surface area contributed by atoms with Crippen LogP contribution < -0.4 is 0 Å². The van der Waals surface area contributed by atoms with Gasteiger partial charge in [0, 0.05) is 5.92 Å². The topological polar surface area (TPSA) is 20.2 Å². The molecule has 0 radical (unpaired) electrons. The molecule has 3 atom stereocenters. The minimum atomic E-state index is -0.341. The van der Waals surface area contributed by atoms with Gasteiger partial charge < -0.3 is 5.11 Å². The number of aliphatic hydroxyl groups is 1. The Morgan fingerprint density at radius 3 is 2.70 bits per heavy atom. The molecule has 2 rings (SSSR count). The molecule has 1 heteroatoms. The molecule has 10 heavy (non-hydrogen) atoms. The number of rotatable bonds is 1. The summed E-state index contributed by atoms with van der Waals surface area (Å²) >= 11 is 0. The molecule has 0 aliphatic heterocycles. The first-order chi connectivity index (χ1) is 4.74. The fraction of sp³-hybridized carbons (Fsp3) is 0.778. The molecule has 56 valence electrons. The fourth-order valence-corrected chi connectivity index (χ4v) is 2.59. The third-order valence-corrected chi connectivity index (χ3v) is 3.19. The van der Waals surface area contributed by atoms with Crippen molar-refractivity contribution in [2.24, 2.45) is 11.8 Å². The highest BCUT2D eigenvalue weighted by Gasteiger charge is 2.49. The van der Waals surface area contributed by atoms with E-state index in [1.54, 1.807) is 0 Å². The highest BCUT2D eigenvalue weighted by molar-refractivity contribution is 5.07. The maximum atomic E-state index is 9.93. The van der Waals surface area contributed by atoms with Gasteiger partial charge in [-0.25, -0.2) is 0 Å². The van der Waals surface area contributed by atoms with Crippen molar-refractivity contribution in [3.63, 3.8) is 0 Å². The third-order valence-electron chi connectivity index (χ3n) is 3.19. The van der Waals surface area contributed by atoms with Gasteiger partial charge in [-0.05, 0) is 31.6 Å². The quantitative estimate of drug-likeness (QED) is 0.547. The second-order valence-corrected chi connectivity index (χ2v) is 3.79. The normalized spacial score (nSPS) is 51.7. The van der Waals surface area contributed by atoms with E-state index in [4.69, 9.17) is 0 Å². The first-order valence-corrected chi connectivity index (χ1v) is 4.09. The van der Waals surface area contributed by atoms with E-state index in [-0.39, 0.29) is 5.60 Å². The molecule has 3 unspecified atom stereocenters. The lowest BCUT2D eigenvalue weighted by atomic mass is 9.85. The van der Waals surface area contributed by atoms with Gasteiger partial charge in [-0.2, -0.15) is 0 Å². The lowest BCUT2D eigenvalue weighted by Gasteiger charge is -2.26. The molecule has 2 fully saturated rings. The van der Waals surface area contributed by atoms with Crippen LogP contribution in [0, 0.1) is 11.8 Å². The second kappa shape index (κ2) is 1.85. The van der Waals surface area contributed by atoms with Crippen LogP contribution >= 0.6 is 0 Å². The highest BCUT2D eigenvalue weighted by Crippen LogP contribution is 2.51. The third kappa shape index (κ3) is 0.671. The zero-order valence-corrected chi connectivity index (χ0v) is 6.21. The smallest absolute Gasteiger partial charge is 0.0712 e. The van der Waals surface area contributed by atoms with Crippen LogP contribution in [0.5, 0.6) is 0 Å². The molecular weight excluding hydrogens is 124 g/mol.